The Labute approximate surface area is 416 Å². The van der Waals surface area contributed by atoms with Crippen molar-refractivity contribution < 1.29 is 83.6 Å². The Morgan fingerprint density at radius 3 is 2.31 bits per heavy atom. The van der Waals surface area contributed by atoms with Crippen molar-refractivity contribution in [3.05, 3.63) is 47.6 Å². The Morgan fingerprint density at radius 1 is 0.887 bits per heavy atom. The number of carbonyl (C=O) groups is 5. The van der Waals surface area contributed by atoms with Crippen LogP contribution in [-0.4, -0.2) is 141 Å². The van der Waals surface area contributed by atoms with Gasteiger partial charge in [0.05, 0.1) is 50.8 Å². The number of esters is 1. The van der Waals surface area contributed by atoms with E-state index in [9.17, 15) is 55.8 Å². The van der Waals surface area contributed by atoms with E-state index in [0.717, 1.165) is 10.5 Å². The fourth-order valence-corrected chi connectivity index (χ4v) is 10.1. The molecule has 4 rings (SSSR count). The van der Waals surface area contributed by atoms with E-state index in [4.69, 9.17) is 23.7 Å². The number of methoxy groups -OCH3 is 1. The van der Waals surface area contributed by atoms with Gasteiger partial charge in [-0.25, -0.2) is 4.79 Å². The molecule has 3 fully saturated rings. The second-order valence-corrected chi connectivity index (χ2v) is 21.1. The predicted molar refractivity (Wildman–Crippen MR) is 255 cm³/mol. The van der Waals surface area contributed by atoms with Crippen LogP contribution in [0.2, 0.25) is 0 Å². The van der Waals surface area contributed by atoms with Gasteiger partial charge in [-0.3, -0.25) is 23.4 Å². The minimum Gasteiger partial charge on any atom is -0.460 e. The molecule has 20 heteroatoms. The first kappa shape index (κ1) is 59.9. The van der Waals surface area contributed by atoms with E-state index in [-0.39, 0.29) is 88.6 Å². The number of nitrogens with zero attached hydrogens (tertiary/aromatic N) is 1. The predicted octanol–water partition coefficient (Wildman–Crippen LogP) is 7.10. The van der Waals surface area contributed by atoms with Gasteiger partial charge in [0.25, 0.3) is 11.7 Å². The Bertz CT molecular complexity index is 2010. The lowest BCUT2D eigenvalue weighted by Crippen LogP contribution is -2.61. The number of ether oxygens (including phenoxy) is 5. The lowest BCUT2D eigenvalue weighted by molar-refractivity contribution is -0.266. The van der Waals surface area contributed by atoms with Crippen molar-refractivity contribution in [1.29, 1.82) is 0 Å². The minimum atomic E-state index is -5.78. The van der Waals surface area contributed by atoms with E-state index in [2.05, 4.69) is 4.18 Å². The third-order valence-electron chi connectivity index (χ3n) is 14.0. The van der Waals surface area contributed by atoms with Crippen molar-refractivity contribution in [3.63, 3.8) is 0 Å². The van der Waals surface area contributed by atoms with Gasteiger partial charge in [-0.1, -0.05) is 50.3 Å². The van der Waals surface area contributed by atoms with E-state index in [1.165, 1.54) is 6.08 Å². The molecule has 0 radical (unpaired) electrons. The molecular formula is C51H76F3NO15S. The van der Waals surface area contributed by atoms with Crippen molar-refractivity contribution in [2.45, 2.75) is 185 Å². The maximum absolute atomic E-state index is 14.3. The van der Waals surface area contributed by atoms with Gasteiger partial charge in [-0.15, -0.1) is 0 Å². The molecule has 1 amide bonds. The molecule has 1 aliphatic carbocycles. The first-order chi connectivity index (χ1) is 33.6. The number of allylic oxidation sites excluding steroid dienone is 6. The molecule has 402 valence electrons. The number of aliphatic hydroxyl groups is 2. The van der Waals surface area contributed by atoms with E-state index in [1.54, 1.807) is 27.9 Å². The summed E-state index contributed by atoms with van der Waals surface area (Å²) in [6.07, 6.45) is 10.1. The lowest BCUT2D eigenvalue weighted by atomic mass is 9.80. The number of amides is 1. The second-order valence-electron chi connectivity index (χ2n) is 19.6. The number of halogens is 3. The smallest absolute Gasteiger partial charge is 0.460 e. The van der Waals surface area contributed by atoms with Gasteiger partial charge in [0.2, 0.25) is 5.79 Å². The highest BCUT2D eigenvalue weighted by molar-refractivity contribution is 7.87. The molecule has 3 aliphatic heterocycles. The third kappa shape index (κ3) is 18.7. The number of hydrogen-bond acceptors (Lipinski definition) is 15. The SMILES string of the molecule is COCCOCCOC1C[C@@H]2CC[C@@H](C)[C@@](O)(O2)C(=O)C(=O)N2CCCC[C@H]2C(=O)O[C@H]([C@H](C)C[C@H]2CC[C@H](OS(=O)(=O)C(F)(F)F)CC2)CC(=O)C/C=C(\C)[C@@H](O)CC(=O)CCC/C=C/C=C/C=C/1C. The highest BCUT2D eigenvalue weighted by Gasteiger charge is 2.53. The van der Waals surface area contributed by atoms with Crippen molar-refractivity contribution in [2.24, 2.45) is 17.8 Å². The highest BCUT2D eigenvalue weighted by Crippen LogP contribution is 2.38. The minimum absolute atomic E-state index is 0.00326. The summed E-state index contributed by atoms with van der Waals surface area (Å²) < 4.78 is 96.0. The van der Waals surface area contributed by atoms with Crippen LogP contribution in [0.25, 0.3) is 0 Å². The van der Waals surface area contributed by atoms with Crippen molar-refractivity contribution in [3.8, 4) is 0 Å². The number of piperidine rings is 1. The summed E-state index contributed by atoms with van der Waals surface area (Å²) in [6, 6.07) is -1.25. The van der Waals surface area contributed by atoms with Gasteiger partial charge in [0.1, 0.15) is 23.7 Å². The van der Waals surface area contributed by atoms with Crippen LogP contribution in [-0.2, 0) is 62.0 Å². The van der Waals surface area contributed by atoms with Crippen LogP contribution in [0.4, 0.5) is 13.2 Å². The van der Waals surface area contributed by atoms with Crippen LogP contribution in [0, 0.1) is 17.8 Å². The highest BCUT2D eigenvalue weighted by atomic mass is 32.2. The van der Waals surface area contributed by atoms with Gasteiger partial charge in [0.15, 0.2) is 0 Å². The number of alkyl halides is 3. The van der Waals surface area contributed by atoms with Gasteiger partial charge in [-0.2, -0.15) is 21.6 Å². The average Bonchev–Trinajstić information content (AvgIpc) is 3.32. The molecule has 1 saturated carbocycles. The average molecular weight is 1030 g/mol. The summed E-state index contributed by atoms with van der Waals surface area (Å²) in [6.45, 7) is 8.14. The number of carbonyl (C=O) groups excluding carboxylic acids is 5. The largest absolute Gasteiger partial charge is 0.523 e. The van der Waals surface area contributed by atoms with Crippen LogP contribution in [0.1, 0.15) is 137 Å². The first-order valence-electron chi connectivity index (χ1n) is 25.1. The molecule has 0 aromatic heterocycles. The first-order valence-corrected chi connectivity index (χ1v) is 26.5. The summed E-state index contributed by atoms with van der Waals surface area (Å²) >= 11 is 0. The zero-order valence-electron chi connectivity index (χ0n) is 41.9. The zero-order chi connectivity index (χ0) is 52.4. The van der Waals surface area contributed by atoms with Crippen molar-refractivity contribution >= 4 is 39.3 Å². The van der Waals surface area contributed by atoms with Crippen LogP contribution in [0.3, 0.4) is 0 Å². The Balaban J connectivity index is 1.60. The van der Waals surface area contributed by atoms with Gasteiger partial charge >= 0.3 is 21.6 Å². The van der Waals surface area contributed by atoms with Gasteiger partial charge < -0.3 is 38.8 Å². The van der Waals surface area contributed by atoms with Crippen molar-refractivity contribution in [1.82, 2.24) is 4.90 Å². The van der Waals surface area contributed by atoms with Gasteiger partial charge in [-0.05, 0) is 114 Å². The molecule has 3 heterocycles. The van der Waals surface area contributed by atoms with Crippen LogP contribution < -0.4 is 0 Å². The number of Topliss-reactive ketones (excluding diaryl/α,β-unsaturated/α-hetero) is 3. The van der Waals surface area contributed by atoms with Gasteiger partial charge in [0, 0.05) is 51.7 Å². The lowest BCUT2D eigenvalue weighted by Gasteiger charge is -2.43. The fourth-order valence-electron chi connectivity index (χ4n) is 9.45. The molecule has 2 bridgehead atoms. The van der Waals surface area contributed by atoms with Crippen LogP contribution >= 0.6 is 0 Å². The summed E-state index contributed by atoms with van der Waals surface area (Å²) in [7, 11) is -4.21. The number of ketones is 3. The number of hydrogen-bond donors (Lipinski definition) is 2. The van der Waals surface area contributed by atoms with Crippen molar-refractivity contribution in [2.75, 3.05) is 40.1 Å². The molecule has 71 heavy (non-hydrogen) atoms. The maximum Gasteiger partial charge on any atom is 0.523 e. The van der Waals surface area contributed by atoms with E-state index in [0.29, 0.717) is 76.6 Å². The Hall–Kier alpha value is -3.63. The molecular weight excluding hydrogens is 956 g/mol. The molecule has 0 spiro atoms. The monoisotopic (exact) mass is 1030 g/mol. The molecule has 4 aliphatic rings. The molecule has 1 unspecified atom stereocenters. The number of cyclic esters (lactones) is 1. The van der Waals surface area contributed by atoms with Crippen LogP contribution in [0.5, 0.6) is 0 Å². The van der Waals surface area contributed by atoms with Crippen LogP contribution in [0.15, 0.2) is 47.6 Å². The summed E-state index contributed by atoms with van der Waals surface area (Å²) in [5, 5.41) is 22.9. The molecule has 0 aromatic carbocycles. The van der Waals surface area contributed by atoms with E-state index < -0.39 is 87.5 Å². The number of aliphatic hydroxyl groups excluding tert-OH is 1. The maximum atomic E-state index is 14.3. The molecule has 2 saturated heterocycles. The van der Waals surface area contributed by atoms with E-state index in [1.807, 2.05) is 37.3 Å². The Kier molecular flexibility index (Phi) is 24.2. The fraction of sp³-hybridized carbons (Fsp3) is 0.745. The summed E-state index contributed by atoms with van der Waals surface area (Å²) in [5.41, 5.74) is -4.33. The standard InChI is InChI=1S/C51H76F3NO15S/c1-34-17-21-40(57)32-46(36(3)30-38-19-23-41(24-20-38)70-71(63,64)51(52,53)54)68-49(61)43-16-12-13-25-55(43)48(60)47(59)50(62)37(4)18-22-42(69-50)33-45(67-29-28-66-27-26-65-5)35(2)14-10-8-6-7-9-11-15-39(56)31-44(34)58/h6-8,10,14,17,36-38,41-46,58,62H,9,11-13,15-16,18-33H2,1-5H3/b7-6+,10-8+,34-17+,35-14+/t36-,37-,38-,41-,42+,43+,44+,45?,46+,50-/m1/s1. The summed E-state index contributed by atoms with van der Waals surface area (Å²) in [4.78, 5) is 70.4. The summed E-state index contributed by atoms with van der Waals surface area (Å²) in [5.74, 6) is -7.72. The van der Waals surface area contributed by atoms with E-state index >= 15 is 0 Å². The third-order valence-corrected chi connectivity index (χ3v) is 15.1. The normalized spacial score (nSPS) is 33.2. The number of rotatable bonds is 12. The molecule has 0 aromatic rings. The Morgan fingerprint density at radius 2 is 1.61 bits per heavy atom. The second kappa shape index (κ2) is 28.7. The molecule has 2 N–H and O–H groups in total. The topological polar surface area (TPSA) is 219 Å². The molecule has 16 nitrogen and oxygen atoms in total. The molecule has 8 atom stereocenters. The quantitative estimate of drug-likeness (QED) is 0.0498. The number of fused-ring (bicyclic) bond motifs is 3. The zero-order valence-corrected chi connectivity index (χ0v) is 42.7.